The summed E-state index contributed by atoms with van der Waals surface area (Å²) in [5.74, 6) is 1.75. The second kappa shape index (κ2) is 8.76. The van der Waals surface area contributed by atoms with Gasteiger partial charge in [0.05, 0.1) is 11.6 Å². The Hall–Kier alpha value is -1.69. The van der Waals surface area contributed by atoms with Crippen LogP contribution in [-0.4, -0.2) is 61.0 Å². The lowest BCUT2D eigenvalue weighted by molar-refractivity contribution is 0.0968. The maximum atomic E-state index is 10.2. The average molecular weight is 384 g/mol. The topological polar surface area (TPSA) is 48.8 Å². The minimum absolute atomic E-state index is 0.248. The number of benzene rings is 1. The number of anilines is 1. The number of nitrogens with zero attached hydrogens (tertiary/aromatic N) is 3. The Labute approximate surface area is 168 Å². The van der Waals surface area contributed by atoms with Gasteiger partial charge in [-0.25, -0.2) is 4.98 Å². The number of ether oxygens (including phenoxy) is 1. The molecule has 0 bridgehead atoms. The fourth-order valence-corrected chi connectivity index (χ4v) is 4.65. The van der Waals surface area contributed by atoms with Crippen molar-refractivity contribution in [2.45, 2.75) is 45.3 Å². The van der Waals surface area contributed by atoms with Gasteiger partial charge in [0, 0.05) is 44.3 Å². The second-order valence-electron chi connectivity index (χ2n) is 8.58. The van der Waals surface area contributed by atoms with Gasteiger partial charge in [0.25, 0.3) is 0 Å². The van der Waals surface area contributed by atoms with E-state index in [0.29, 0.717) is 12.5 Å². The minimum Gasteiger partial charge on any atom is -0.391 e. The third kappa shape index (κ3) is 4.48. The fourth-order valence-electron chi connectivity index (χ4n) is 4.65. The van der Waals surface area contributed by atoms with Crippen LogP contribution in [0.3, 0.4) is 0 Å². The summed E-state index contributed by atoms with van der Waals surface area (Å²) < 4.78 is 5.34. The van der Waals surface area contributed by atoms with Gasteiger partial charge in [-0.2, -0.15) is 0 Å². The number of aliphatic hydroxyl groups excluding tert-OH is 1. The number of likely N-dealkylation sites (tertiary alicyclic amines) is 1. The van der Waals surface area contributed by atoms with Crippen LogP contribution in [0.15, 0.2) is 24.3 Å². The maximum absolute atomic E-state index is 10.2. The van der Waals surface area contributed by atoms with Crippen molar-refractivity contribution in [2.75, 3.05) is 44.8 Å². The van der Waals surface area contributed by atoms with Crippen LogP contribution in [0, 0.1) is 12.8 Å². The quantitative estimate of drug-likeness (QED) is 0.858. The van der Waals surface area contributed by atoms with E-state index in [4.69, 9.17) is 9.72 Å². The minimum atomic E-state index is -0.248. The van der Waals surface area contributed by atoms with Gasteiger partial charge < -0.3 is 14.7 Å². The number of methoxy groups -OCH3 is 1. The highest BCUT2D eigenvalue weighted by Gasteiger charge is 2.24. The molecule has 0 amide bonds. The van der Waals surface area contributed by atoms with Gasteiger partial charge in [-0.3, -0.25) is 4.90 Å². The highest BCUT2D eigenvalue weighted by Crippen LogP contribution is 2.29. The number of rotatable bonds is 5. The van der Waals surface area contributed by atoms with Crippen molar-refractivity contribution in [3.05, 3.63) is 35.4 Å². The molecule has 0 aliphatic carbocycles. The second-order valence-corrected chi connectivity index (χ2v) is 8.58. The van der Waals surface area contributed by atoms with Crippen LogP contribution in [0.4, 0.5) is 5.82 Å². The Bertz CT molecular complexity index is 802. The summed E-state index contributed by atoms with van der Waals surface area (Å²) in [6.45, 7) is 7.83. The van der Waals surface area contributed by atoms with E-state index in [9.17, 15) is 5.11 Å². The first kappa shape index (κ1) is 19.6. The Morgan fingerprint density at radius 1 is 1.14 bits per heavy atom. The molecule has 5 heteroatoms. The molecule has 0 radical (unpaired) electrons. The first-order valence-corrected chi connectivity index (χ1v) is 10.7. The van der Waals surface area contributed by atoms with E-state index in [1.165, 1.54) is 29.4 Å². The molecule has 5 nitrogen and oxygen atoms in total. The normalized spacial score (nSPS) is 22.1. The Kier molecular flexibility index (Phi) is 6.14. The van der Waals surface area contributed by atoms with Crippen LogP contribution in [0.5, 0.6) is 0 Å². The summed E-state index contributed by atoms with van der Waals surface area (Å²) in [4.78, 5) is 9.89. The van der Waals surface area contributed by atoms with Crippen molar-refractivity contribution in [2.24, 2.45) is 5.92 Å². The molecule has 2 aliphatic heterocycles. The average Bonchev–Trinajstić information content (AvgIpc) is 2.69. The van der Waals surface area contributed by atoms with Crippen LogP contribution in [-0.2, 0) is 11.3 Å². The first-order chi connectivity index (χ1) is 13.6. The molecule has 152 valence electrons. The Balaban J connectivity index is 1.60. The molecule has 2 saturated heterocycles. The first-order valence-electron chi connectivity index (χ1n) is 10.7. The van der Waals surface area contributed by atoms with Gasteiger partial charge >= 0.3 is 0 Å². The third-order valence-electron chi connectivity index (χ3n) is 6.23. The molecule has 2 aromatic rings. The number of β-amino-alcohol motifs (C(OH)–C–C–N with tert-alkyl or cyclic N) is 1. The van der Waals surface area contributed by atoms with Crippen molar-refractivity contribution in [3.63, 3.8) is 0 Å². The van der Waals surface area contributed by atoms with Gasteiger partial charge in [0.15, 0.2) is 0 Å². The molecule has 3 heterocycles. The smallest absolute Gasteiger partial charge is 0.133 e. The van der Waals surface area contributed by atoms with Crippen LogP contribution in [0.1, 0.15) is 36.8 Å². The lowest BCUT2D eigenvalue weighted by atomic mass is 9.97. The van der Waals surface area contributed by atoms with Crippen molar-refractivity contribution in [1.82, 2.24) is 9.88 Å². The highest BCUT2D eigenvalue weighted by molar-refractivity contribution is 5.82. The Morgan fingerprint density at radius 3 is 2.71 bits per heavy atom. The van der Waals surface area contributed by atoms with Gasteiger partial charge in [0.1, 0.15) is 5.82 Å². The molecule has 2 fully saturated rings. The van der Waals surface area contributed by atoms with E-state index in [0.717, 1.165) is 57.0 Å². The SMILES string of the molecule is COCC1CCN(Cc2cc3cc(C)ccc3nc2N2CCC[C@H](O)C2)CC1. The van der Waals surface area contributed by atoms with Crippen LogP contribution in [0.25, 0.3) is 10.9 Å². The number of hydrogen-bond acceptors (Lipinski definition) is 5. The zero-order valence-corrected chi connectivity index (χ0v) is 17.2. The molecular formula is C23H33N3O2. The zero-order chi connectivity index (χ0) is 19.5. The van der Waals surface area contributed by atoms with Crippen molar-refractivity contribution >= 4 is 16.7 Å². The number of aromatic nitrogens is 1. The van der Waals surface area contributed by atoms with E-state index in [-0.39, 0.29) is 6.10 Å². The highest BCUT2D eigenvalue weighted by atomic mass is 16.5. The number of piperidine rings is 2. The van der Waals surface area contributed by atoms with E-state index >= 15 is 0 Å². The molecular weight excluding hydrogens is 350 g/mol. The van der Waals surface area contributed by atoms with E-state index in [1.807, 2.05) is 0 Å². The largest absolute Gasteiger partial charge is 0.391 e. The number of aryl methyl sites for hydroxylation is 1. The van der Waals surface area contributed by atoms with Crippen molar-refractivity contribution in [1.29, 1.82) is 0 Å². The van der Waals surface area contributed by atoms with Gasteiger partial charge in [-0.05, 0) is 69.8 Å². The summed E-state index contributed by atoms with van der Waals surface area (Å²) in [6, 6.07) is 8.80. The lowest BCUT2D eigenvalue weighted by Gasteiger charge is -2.35. The fraction of sp³-hybridized carbons (Fsp3) is 0.609. The molecule has 2 aliphatic rings. The number of fused-ring (bicyclic) bond motifs is 1. The predicted molar refractivity (Wildman–Crippen MR) is 114 cm³/mol. The molecule has 1 aromatic heterocycles. The number of pyridine rings is 1. The summed E-state index contributed by atoms with van der Waals surface area (Å²) >= 11 is 0. The monoisotopic (exact) mass is 383 g/mol. The summed E-state index contributed by atoms with van der Waals surface area (Å²) in [5.41, 5.74) is 3.60. The summed E-state index contributed by atoms with van der Waals surface area (Å²) in [7, 11) is 1.80. The molecule has 0 spiro atoms. The van der Waals surface area contributed by atoms with Gasteiger partial charge in [-0.15, -0.1) is 0 Å². The maximum Gasteiger partial charge on any atom is 0.133 e. The number of aliphatic hydroxyl groups is 1. The standard InChI is InChI=1S/C23H33N3O2/c1-17-5-6-22-19(12-17)13-20(14-25-10-7-18(8-11-25)16-28-2)23(24-22)26-9-3-4-21(27)15-26/h5-6,12-13,18,21,27H,3-4,7-11,14-16H2,1-2H3/t21-/m0/s1. The summed E-state index contributed by atoms with van der Waals surface area (Å²) in [5, 5.41) is 11.4. The van der Waals surface area contributed by atoms with E-state index in [2.05, 4.69) is 41.0 Å². The number of hydrogen-bond donors (Lipinski definition) is 1. The van der Waals surface area contributed by atoms with Gasteiger partial charge in [-0.1, -0.05) is 11.6 Å². The molecule has 28 heavy (non-hydrogen) atoms. The van der Waals surface area contributed by atoms with E-state index < -0.39 is 0 Å². The van der Waals surface area contributed by atoms with E-state index in [1.54, 1.807) is 7.11 Å². The molecule has 4 rings (SSSR count). The predicted octanol–water partition coefficient (Wildman–Crippen LogP) is 3.36. The lowest BCUT2D eigenvalue weighted by Crippen LogP contribution is -2.40. The van der Waals surface area contributed by atoms with Crippen LogP contribution < -0.4 is 4.90 Å². The van der Waals surface area contributed by atoms with Gasteiger partial charge in [0.2, 0.25) is 0 Å². The van der Waals surface area contributed by atoms with Crippen LogP contribution in [0.2, 0.25) is 0 Å². The Morgan fingerprint density at radius 2 is 1.96 bits per heavy atom. The molecule has 1 aromatic carbocycles. The molecule has 0 unspecified atom stereocenters. The summed E-state index contributed by atoms with van der Waals surface area (Å²) in [6.07, 6.45) is 4.07. The molecule has 1 atom stereocenters. The zero-order valence-electron chi connectivity index (χ0n) is 17.2. The van der Waals surface area contributed by atoms with Crippen LogP contribution >= 0.6 is 0 Å². The third-order valence-corrected chi connectivity index (χ3v) is 6.23. The van der Waals surface area contributed by atoms with Crippen molar-refractivity contribution < 1.29 is 9.84 Å². The molecule has 0 saturated carbocycles. The van der Waals surface area contributed by atoms with Crippen molar-refractivity contribution in [3.8, 4) is 0 Å². The molecule has 1 N–H and O–H groups in total.